The minimum absolute atomic E-state index is 0.00616. The van der Waals surface area contributed by atoms with Gasteiger partial charge in [0.2, 0.25) is 0 Å². The first-order chi connectivity index (χ1) is 22.4. The summed E-state index contributed by atoms with van der Waals surface area (Å²) in [6.45, 7) is 6.86. The van der Waals surface area contributed by atoms with Crippen molar-refractivity contribution in [1.29, 1.82) is 5.26 Å². The van der Waals surface area contributed by atoms with E-state index in [-0.39, 0.29) is 34.8 Å². The summed E-state index contributed by atoms with van der Waals surface area (Å²) in [6, 6.07) is 14.9. The van der Waals surface area contributed by atoms with Gasteiger partial charge in [0.25, 0.3) is 0 Å². The molecule has 244 valence electrons. The van der Waals surface area contributed by atoms with Crippen LogP contribution in [0.25, 0.3) is 0 Å². The molecule has 1 saturated carbocycles. The van der Waals surface area contributed by atoms with Gasteiger partial charge in [-0.05, 0) is 68.8 Å². The van der Waals surface area contributed by atoms with Crippen LogP contribution in [0.4, 0.5) is 19.3 Å². The van der Waals surface area contributed by atoms with Gasteiger partial charge in [0.15, 0.2) is 11.6 Å². The predicted octanol–water partition coefficient (Wildman–Crippen LogP) is 5.91. The van der Waals surface area contributed by atoms with Gasteiger partial charge < -0.3 is 24.4 Å². The van der Waals surface area contributed by atoms with E-state index < -0.39 is 11.6 Å². The van der Waals surface area contributed by atoms with Crippen LogP contribution < -0.4 is 10.2 Å². The maximum Gasteiger partial charge on any atom is 0.407 e. The molecule has 1 aliphatic carbocycles. The number of hydrogen-bond acceptors (Lipinski definition) is 6. The van der Waals surface area contributed by atoms with Gasteiger partial charge >= 0.3 is 6.09 Å². The second-order valence-corrected chi connectivity index (χ2v) is 13.2. The quantitative estimate of drug-likeness (QED) is 0.300. The van der Waals surface area contributed by atoms with Gasteiger partial charge in [0.1, 0.15) is 17.6 Å². The van der Waals surface area contributed by atoms with Crippen molar-refractivity contribution in [1.82, 2.24) is 19.8 Å². The molecule has 6 rings (SSSR count). The van der Waals surface area contributed by atoms with Gasteiger partial charge in [-0.1, -0.05) is 37.3 Å². The fraction of sp³-hybridized carbons (Fsp3) is 0.528. The minimum Gasteiger partial charge on any atom is -0.446 e. The number of nitriles is 1. The highest BCUT2D eigenvalue weighted by atomic mass is 19.1. The first kappa shape index (κ1) is 32.0. The number of halogens is 2. The summed E-state index contributed by atoms with van der Waals surface area (Å²) in [7, 11) is 1.62. The molecule has 3 fully saturated rings. The fourth-order valence-electron chi connectivity index (χ4n) is 8.57. The molecule has 3 atom stereocenters. The van der Waals surface area contributed by atoms with Crippen molar-refractivity contribution >= 4 is 11.8 Å². The minimum atomic E-state index is -0.678. The number of carbonyl (C=O) groups excluding carboxylic acids is 1. The zero-order chi connectivity index (χ0) is 32.3. The predicted molar refractivity (Wildman–Crippen MR) is 172 cm³/mol. The summed E-state index contributed by atoms with van der Waals surface area (Å²) in [4.78, 5) is 21.4. The Labute approximate surface area is 270 Å². The third-order valence-electron chi connectivity index (χ3n) is 10.7. The summed E-state index contributed by atoms with van der Waals surface area (Å²) in [5, 5.41) is 11.7. The fourth-order valence-corrected chi connectivity index (χ4v) is 8.57. The summed E-state index contributed by atoms with van der Waals surface area (Å²) in [5.41, 5.74) is 0.999. The van der Waals surface area contributed by atoms with Crippen molar-refractivity contribution in [3.8, 4) is 6.07 Å². The number of imidazole rings is 1. The third-order valence-corrected chi connectivity index (χ3v) is 10.7. The van der Waals surface area contributed by atoms with E-state index in [0.717, 1.165) is 82.7 Å². The highest BCUT2D eigenvalue weighted by Crippen LogP contribution is 2.52. The Morgan fingerprint density at radius 1 is 1.11 bits per heavy atom. The van der Waals surface area contributed by atoms with Crippen LogP contribution >= 0.6 is 0 Å². The molecule has 2 aliphatic heterocycles. The van der Waals surface area contributed by atoms with E-state index in [0.29, 0.717) is 24.9 Å². The molecule has 0 unspecified atom stereocenters. The van der Waals surface area contributed by atoms with E-state index in [4.69, 9.17) is 10.00 Å². The zero-order valence-corrected chi connectivity index (χ0v) is 26.8. The molecule has 46 heavy (non-hydrogen) atoms. The SMILES string of the molecule is CCc1nccn1C[C@@](c1ccccc1)(C1CCN(CC2CN(c3c(F)cc(C#N)cc3F)C2)CC1)[C@H]1CCC[C@@H]1OC(=O)NC. The number of carbonyl (C=O) groups is 1. The number of likely N-dealkylation sites (tertiary alicyclic amines) is 1. The molecule has 0 radical (unpaired) electrons. The molecule has 1 amide bonds. The number of nitrogens with zero attached hydrogens (tertiary/aromatic N) is 5. The molecule has 0 bridgehead atoms. The second kappa shape index (κ2) is 13.8. The number of hydrogen-bond donors (Lipinski definition) is 1. The topological polar surface area (TPSA) is 86.4 Å². The van der Waals surface area contributed by atoms with Gasteiger partial charge in [0, 0.05) is 69.3 Å². The van der Waals surface area contributed by atoms with Crippen molar-refractivity contribution < 1.29 is 18.3 Å². The van der Waals surface area contributed by atoms with Crippen LogP contribution in [0.5, 0.6) is 0 Å². The van der Waals surface area contributed by atoms with E-state index in [9.17, 15) is 13.6 Å². The smallest absolute Gasteiger partial charge is 0.407 e. The van der Waals surface area contributed by atoms with Crippen LogP contribution in [0, 0.1) is 40.7 Å². The van der Waals surface area contributed by atoms with Crippen molar-refractivity contribution in [3.05, 3.63) is 83.4 Å². The number of rotatable bonds is 10. The molecule has 2 saturated heterocycles. The molecule has 2 aromatic carbocycles. The van der Waals surface area contributed by atoms with Gasteiger partial charge in [-0.2, -0.15) is 5.26 Å². The summed E-state index contributed by atoms with van der Waals surface area (Å²) >= 11 is 0. The molecular weight excluding hydrogens is 586 g/mol. The molecule has 1 aromatic heterocycles. The van der Waals surface area contributed by atoms with Gasteiger partial charge in [-0.25, -0.2) is 18.6 Å². The number of amides is 1. The van der Waals surface area contributed by atoms with Crippen LogP contribution in [0.3, 0.4) is 0 Å². The monoisotopic (exact) mass is 630 g/mol. The number of piperidine rings is 1. The Morgan fingerprint density at radius 2 is 1.83 bits per heavy atom. The van der Waals surface area contributed by atoms with Gasteiger partial charge in [0.05, 0.1) is 11.6 Å². The highest BCUT2D eigenvalue weighted by molar-refractivity contribution is 5.67. The lowest BCUT2D eigenvalue weighted by Gasteiger charge is -2.51. The Morgan fingerprint density at radius 3 is 2.48 bits per heavy atom. The van der Waals surface area contributed by atoms with Gasteiger partial charge in [-0.15, -0.1) is 0 Å². The maximum absolute atomic E-state index is 14.6. The second-order valence-electron chi connectivity index (χ2n) is 13.2. The van der Waals surface area contributed by atoms with Crippen LogP contribution in [0.1, 0.15) is 56.0 Å². The van der Waals surface area contributed by atoms with E-state index in [2.05, 4.69) is 63.2 Å². The van der Waals surface area contributed by atoms with Crippen molar-refractivity contribution in [3.63, 3.8) is 0 Å². The number of aryl methyl sites for hydroxylation is 1. The van der Waals surface area contributed by atoms with Crippen LogP contribution in [-0.4, -0.2) is 66.4 Å². The van der Waals surface area contributed by atoms with E-state index in [1.54, 1.807) is 11.9 Å². The Bertz CT molecular complexity index is 1520. The van der Waals surface area contributed by atoms with E-state index in [1.165, 1.54) is 5.56 Å². The van der Waals surface area contributed by atoms with Crippen molar-refractivity contribution in [2.24, 2.45) is 17.8 Å². The Balaban J connectivity index is 1.21. The zero-order valence-electron chi connectivity index (χ0n) is 26.8. The normalized spacial score (nSPS) is 22.2. The first-order valence-corrected chi connectivity index (χ1v) is 16.7. The largest absolute Gasteiger partial charge is 0.446 e. The van der Waals surface area contributed by atoms with Crippen molar-refractivity contribution in [2.45, 2.75) is 63.5 Å². The molecule has 3 aromatic rings. The standard InChI is InChI=1S/C36H44F2N6O2/c1-3-33-41-14-17-43(33)24-36(27-8-5-4-6-9-27,29-10-7-11-32(29)46-35(45)40-2)28-12-15-42(16-13-28)21-26-22-44(23-26)34-30(37)18-25(20-39)19-31(34)38/h4-6,8-9,14,17-19,26,28-29,32H,3,7,10-13,15-16,21-24H2,1-2H3,(H,40,45)/t29-,32-,36+/m0/s1. The van der Waals surface area contributed by atoms with Crippen molar-refractivity contribution in [2.75, 3.05) is 44.7 Å². The highest BCUT2D eigenvalue weighted by Gasteiger charge is 2.53. The lowest BCUT2D eigenvalue weighted by atomic mass is 9.58. The Hall–Kier alpha value is -3.97. The molecule has 1 N–H and O–H groups in total. The molecular formula is C36H44F2N6O2. The van der Waals surface area contributed by atoms with E-state index in [1.807, 2.05) is 12.3 Å². The first-order valence-electron chi connectivity index (χ1n) is 16.7. The molecule has 0 spiro atoms. The summed E-state index contributed by atoms with van der Waals surface area (Å²) in [6.07, 6.45) is 9.15. The maximum atomic E-state index is 14.6. The number of alkyl carbamates (subject to hydrolysis) is 1. The molecule has 3 heterocycles. The number of benzene rings is 2. The average molecular weight is 631 g/mol. The molecule has 8 nitrogen and oxygen atoms in total. The average Bonchev–Trinajstić information content (AvgIpc) is 3.71. The third kappa shape index (κ3) is 6.22. The Kier molecular flexibility index (Phi) is 9.60. The lowest BCUT2D eigenvalue weighted by Crippen LogP contribution is -2.55. The van der Waals surface area contributed by atoms with Gasteiger partial charge in [-0.3, -0.25) is 0 Å². The lowest BCUT2D eigenvalue weighted by molar-refractivity contribution is 0.00172. The summed E-state index contributed by atoms with van der Waals surface area (Å²) < 4.78 is 37.6. The van der Waals surface area contributed by atoms with Crippen LogP contribution in [-0.2, 0) is 23.1 Å². The number of aromatic nitrogens is 2. The van der Waals surface area contributed by atoms with Crippen LogP contribution in [0.2, 0.25) is 0 Å². The molecule has 3 aliphatic rings. The number of nitrogens with one attached hydrogen (secondary N) is 1. The molecule has 10 heteroatoms. The van der Waals surface area contributed by atoms with Crippen LogP contribution in [0.15, 0.2) is 54.9 Å². The number of anilines is 1. The summed E-state index contributed by atoms with van der Waals surface area (Å²) in [5.74, 6) is 0.544. The van der Waals surface area contributed by atoms with E-state index >= 15 is 0 Å². The number of ether oxygens (including phenoxy) is 1.